The van der Waals surface area contributed by atoms with E-state index in [1.54, 1.807) is 18.2 Å². The molecule has 0 aliphatic heterocycles. The van der Waals surface area contributed by atoms with E-state index < -0.39 is 0 Å². The smallest absolute Gasteiger partial charge is 0.252 e. The molecule has 0 radical (unpaired) electrons. The van der Waals surface area contributed by atoms with Crippen LogP contribution in [0.4, 0.5) is 0 Å². The van der Waals surface area contributed by atoms with Crippen molar-refractivity contribution < 1.29 is 4.79 Å². The van der Waals surface area contributed by atoms with E-state index in [9.17, 15) is 4.79 Å². The van der Waals surface area contributed by atoms with E-state index in [2.05, 4.69) is 17.9 Å². The zero-order valence-corrected chi connectivity index (χ0v) is 8.05. The summed E-state index contributed by atoms with van der Waals surface area (Å²) in [5.74, 6) is -0.129. The minimum Gasteiger partial charge on any atom is -0.351 e. The Hall–Kier alpha value is -1.00. The largest absolute Gasteiger partial charge is 0.351 e. The summed E-state index contributed by atoms with van der Waals surface area (Å²) in [6.45, 7) is 0.932. The van der Waals surface area contributed by atoms with E-state index in [1.165, 1.54) is 0 Å². The van der Waals surface area contributed by atoms with Gasteiger partial charge in [-0.05, 0) is 12.1 Å². The summed E-state index contributed by atoms with van der Waals surface area (Å²) in [6, 6.07) is 7.15. The molecule has 0 saturated heterocycles. The van der Waals surface area contributed by atoms with Crippen molar-refractivity contribution >= 4 is 18.5 Å². The molecule has 0 spiro atoms. The molecule has 0 bridgehead atoms. The van der Waals surface area contributed by atoms with Crippen molar-refractivity contribution in [2.75, 3.05) is 13.1 Å². The molecule has 3 N–H and O–H groups in total. The second kappa shape index (κ2) is 4.89. The summed E-state index contributed by atoms with van der Waals surface area (Å²) in [5.41, 5.74) is 5.84. The molecule has 0 aliphatic carbocycles. The maximum absolute atomic E-state index is 11.4. The number of nitrogens with two attached hydrogens (primary N) is 1. The molecule has 0 atom stereocenters. The molecule has 0 aromatic heterocycles. The van der Waals surface area contributed by atoms with Crippen molar-refractivity contribution in [1.29, 1.82) is 0 Å². The van der Waals surface area contributed by atoms with Gasteiger partial charge in [-0.1, -0.05) is 12.1 Å². The van der Waals surface area contributed by atoms with Crippen molar-refractivity contribution in [3.63, 3.8) is 0 Å². The van der Waals surface area contributed by atoms with E-state index in [1.807, 2.05) is 6.07 Å². The fourth-order valence-electron chi connectivity index (χ4n) is 0.947. The Labute approximate surface area is 82.7 Å². The molecule has 1 amide bonds. The number of thiol groups is 1. The maximum Gasteiger partial charge on any atom is 0.252 e. The quantitative estimate of drug-likeness (QED) is 0.622. The van der Waals surface area contributed by atoms with Crippen LogP contribution in [0, 0.1) is 0 Å². The van der Waals surface area contributed by atoms with E-state index in [4.69, 9.17) is 5.73 Å². The number of nitrogens with one attached hydrogen (secondary N) is 1. The summed E-state index contributed by atoms with van der Waals surface area (Å²) in [7, 11) is 0. The highest BCUT2D eigenvalue weighted by molar-refractivity contribution is 7.80. The van der Waals surface area contributed by atoms with Gasteiger partial charge in [0.1, 0.15) is 0 Å². The lowest BCUT2D eigenvalue weighted by atomic mass is 10.2. The van der Waals surface area contributed by atoms with Crippen LogP contribution < -0.4 is 11.1 Å². The van der Waals surface area contributed by atoms with Crippen molar-refractivity contribution in [3.8, 4) is 0 Å². The van der Waals surface area contributed by atoms with Gasteiger partial charge in [0, 0.05) is 18.0 Å². The number of benzene rings is 1. The molecule has 1 aromatic carbocycles. The van der Waals surface area contributed by atoms with Crippen molar-refractivity contribution in [3.05, 3.63) is 29.8 Å². The molecule has 70 valence electrons. The van der Waals surface area contributed by atoms with Gasteiger partial charge in [0.25, 0.3) is 5.91 Å². The third kappa shape index (κ3) is 2.75. The minimum atomic E-state index is -0.129. The van der Waals surface area contributed by atoms with E-state index in [0.29, 0.717) is 23.5 Å². The van der Waals surface area contributed by atoms with Crippen LogP contribution in [0.2, 0.25) is 0 Å². The summed E-state index contributed by atoms with van der Waals surface area (Å²) < 4.78 is 0. The van der Waals surface area contributed by atoms with Gasteiger partial charge in [0.2, 0.25) is 0 Å². The van der Waals surface area contributed by atoms with Gasteiger partial charge < -0.3 is 11.1 Å². The fourth-order valence-corrected chi connectivity index (χ4v) is 1.21. The Morgan fingerprint density at radius 2 is 2.15 bits per heavy atom. The average molecular weight is 196 g/mol. The maximum atomic E-state index is 11.4. The molecule has 13 heavy (non-hydrogen) atoms. The number of carbonyl (C=O) groups is 1. The highest BCUT2D eigenvalue weighted by Gasteiger charge is 2.06. The first-order chi connectivity index (χ1) is 6.25. The number of hydrogen-bond donors (Lipinski definition) is 3. The van der Waals surface area contributed by atoms with Crippen LogP contribution in [0.5, 0.6) is 0 Å². The molecular weight excluding hydrogens is 184 g/mol. The molecule has 0 fully saturated rings. The number of carbonyl (C=O) groups excluding carboxylic acids is 1. The predicted molar refractivity (Wildman–Crippen MR) is 55.1 cm³/mol. The first kappa shape index (κ1) is 10.1. The molecule has 4 heteroatoms. The molecule has 0 aliphatic rings. The van der Waals surface area contributed by atoms with Crippen LogP contribution in [-0.2, 0) is 0 Å². The standard InChI is InChI=1S/C9H12N2OS/c10-5-6-11-9(12)7-3-1-2-4-8(7)13/h1-4,13H,5-6,10H2,(H,11,12). The molecule has 0 saturated carbocycles. The third-order valence-corrected chi connectivity index (χ3v) is 1.97. The van der Waals surface area contributed by atoms with E-state index in [0.717, 1.165) is 0 Å². The summed E-state index contributed by atoms with van der Waals surface area (Å²) in [4.78, 5) is 12.1. The number of rotatable bonds is 3. The highest BCUT2D eigenvalue weighted by Crippen LogP contribution is 2.11. The Kier molecular flexibility index (Phi) is 3.79. The zero-order chi connectivity index (χ0) is 9.68. The van der Waals surface area contributed by atoms with Crippen LogP contribution in [0.15, 0.2) is 29.2 Å². The molecule has 1 aromatic rings. The van der Waals surface area contributed by atoms with Crippen LogP contribution in [0.3, 0.4) is 0 Å². The lowest BCUT2D eigenvalue weighted by molar-refractivity contribution is 0.0952. The second-order valence-electron chi connectivity index (χ2n) is 2.56. The summed E-state index contributed by atoms with van der Waals surface area (Å²) >= 11 is 4.17. The van der Waals surface area contributed by atoms with Gasteiger partial charge in [0.15, 0.2) is 0 Å². The summed E-state index contributed by atoms with van der Waals surface area (Å²) in [5, 5.41) is 2.68. The third-order valence-electron chi connectivity index (χ3n) is 1.58. The van der Waals surface area contributed by atoms with Crippen LogP contribution in [-0.4, -0.2) is 19.0 Å². The van der Waals surface area contributed by atoms with E-state index >= 15 is 0 Å². The first-order valence-corrected chi connectivity index (χ1v) is 4.46. The molecular formula is C9H12N2OS. The predicted octanol–water partition coefficient (Wildman–Crippen LogP) is 0.664. The first-order valence-electron chi connectivity index (χ1n) is 4.02. The Balaban J connectivity index is 2.71. The average Bonchev–Trinajstić information content (AvgIpc) is 2.15. The second-order valence-corrected chi connectivity index (χ2v) is 3.04. The minimum absolute atomic E-state index is 0.129. The fraction of sp³-hybridized carbons (Fsp3) is 0.222. The van der Waals surface area contributed by atoms with Crippen molar-refractivity contribution in [2.24, 2.45) is 5.73 Å². The number of amides is 1. The molecule has 3 nitrogen and oxygen atoms in total. The molecule has 1 rings (SSSR count). The lowest BCUT2D eigenvalue weighted by Crippen LogP contribution is -2.29. The van der Waals surface area contributed by atoms with Gasteiger partial charge in [-0.3, -0.25) is 4.79 Å². The van der Waals surface area contributed by atoms with Crippen molar-refractivity contribution in [1.82, 2.24) is 5.32 Å². The van der Waals surface area contributed by atoms with Crippen LogP contribution in [0.25, 0.3) is 0 Å². The SMILES string of the molecule is NCCNC(=O)c1ccccc1S. The monoisotopic (exact) mass is 196 g/mol. The van der Waals surface area contributed by atoms with Gasteiger partial charge in [-0.15, -0.1) is 12.6 Å². The van der Waals surface area contributed by atoms with Crippen LogP contribution in [0.1, 0.15) is 10.4 Å². The van der Waals surface area contributed by atoms with Gasteiger partial charge in [-0.2, -0.15) is 0 Å². The van der Waals surface area contributed by atoms with Crippen LogP contribution >= 0.6 is 12.6 Å². The molecule has 0 heterocycles. The number of hydrogen-bond acceptors (Lipinski definition) is 3. The topological polar surface area (TPSA) is 55.1 Å². The van der Waals surface area contributed by atoms with Gasteiger partial charge in [-0.25, -0.2) is 0 Å². The Bertz CT molecular complexity index is 301. The normalized spacial score (nSPS) is 9.69. The van der Waals surface area contributed by atoms with Gasteiger partial charge in [0.05, 0.1) is 5.56 Å². The molecule has 0 unspecified atom stereocenters. The highest BCUT2D eigenvalue weighted by atomic mass is 32.1. The Morgan fingerprint density at radius 1 is 1.46 bits per heavy atom. The lowest BCUT2D eigenvalue weighted by Gasteiger charge is -2.04. The zero-order valence-electron chi connectivity index (χ0n) is 7.16. The Morgan fingerprint density at radius 3 is 2.77 bits per heavy atom. The summed E-state index contributed by atoms with van der Waals surface area (Å²) in [6.07, 6.45) is 0. The van der Waals surface area contributed by atoms with Gasteiger partial charge >= 0.3 is 0 Å². The van der Waals surface area contributed by atoms with Crippen molar-refractivity contribution in [2.45, 2.75) is 4.90 Å². The van der Waals surface area contributed by atoms with E-state index in [-0.39, 0.29) is 5.91 Å².